The van der Waals surface area contributed by atoms with E-state index < -0.39 is 9.84 Å². The highest BCUT2D eigenvalue weighted by molar-refractivity contribution is 7.92. The smallest absolute Gasteiger partial charge is 0.155 e. The van der Waals surface area contributed by atoms with Crippen molar-refractivity contribution >= 4 is 9.84 Å². The van der Waals surface area contributed by atoms with Gasteiger partial charge in [-0.3, -0.25) is 0 Å². The zero-order valence-electron chi connectivity index (χ0n) is 9.44. The zero-order chi connectivity index (χ0) is 11.6. The summed E-state index contributed by atoms with van der Waals surface area (Å²) in [6.07, 6.45) is 0.627. The monoisotopic (exact) mass is 239 g/mol. The molecule has 1 atom stereocenters. The van der Waals surface area contributed by atoms with E-state index in [-0.39, 0.29) is 11.0 Å². The summed E-state index contributed by atoms with van der Waals surface area (Å²) < 4.78 is 23.7. The van der Waals surface area contributed by atoms with E-state index in [0.29, 0.717) is 19.5 Å². The predicted octanol–water partition coefficient (Wildman–Crippen LogP) is 0.924. The first-order chi connectivity index (χ1) is 7.59. The van der Waals surface area contributed by atoms with Crippen LogP contribution in [0.15, 0.2) is 24.3 Å². The molecular weight excluding hydrogens is 222 g/mol. The first kappa shape index (κ1) is 11.6. The Labute approximate surface area is 96.8 Å². The van der Waals surface area contributed by atoms with E-state index >= 15 is 0 Å². The van der Waals surface area contributed by atoms with Gasteiger partial charge in [0.2, 0.25) is 0 Å². The van der Waals surface area contributed by atoms with Gasteiger partial charge < -0.3 is 5.32 Å². The molecule has 0 saturated carbocycles. The van der Waals surface area contributed by atoms with Gasteiger partial charge in [-0.05, 0) is 24.5 Å². The third-order valence-electron chi connectivity index (χ3n) is 3.15. The highest BCUT2D eigenvalue weighted by Gasteiger charge is 2.28. The molecule has 4 heteroatoms. The van der Waals surface area contributed by atoms with Crippen molar-refractivity contribution in [2.75, 3.05) is 18.8 Å². The Morgan fingerprint density at radius 1 is 1.38 bits per heavy atom. The summed E-state index contributed by atoms with van der Waals surface area (Å²) in [5.74, 6) is 0.267. The average Bonchev–Trinajstić information content (AvgIpc) is 2.24. The van der Waals surface area contributed by atoms with Gasteiger partial charge in [0, 0.05) is 13.1 Å². The number of aryl methyl sites for hydroxylation is 1. The summed E-state index contributed by atoms with van der Waals surface area (Å²) in [6.45, 7) is 3.20. The molecule has 1 aromatic carbocycles. The van der Waals surface area contributed by atoms with Crippen LogP contribution in [0.5, 0.6) is 0 Å². The van der Waals surface area contributed by atoms with E-state index in [9.17, 15) is 8.42 Å². The van der Waals surface area contributed by atoms with Crippen molar-refractivity contribution in [3.8, 4) is 0 Å². The van der Waals surface area contributed by atoms with Crippen molar-refractivity contribution in [2.24, 2.45) is 0 Å². The summed E-state index contributed by atoms with van der Waals surface area (Å²) in [5, 5.41) is 2.89. The number of hydrogen-bond donors (Lipinski definition) is 1. The minimum Gasteiger partial charge on any atom is -0.314 e. The summed E-state index contributed by atoms with van der Waals surface area (Å²) in [4.78, 5) is 0. The first-order valence-corrected chi connectivity index (χ1v) is 7.28. The van der Waals surface area contributed by atoms with Crippen molar-refractivity contribution in [1.82, 2.24) is 5.32 Å². The molecule has 1 heterocycles. The van der Waals surface area contributed by atoms with E-state index in [1.54, 1.807) is 0 Å². The Hall–Kier alpha value is -0.870. The highest BCUT2D eigenvalue weighted by Crippen LogP contribution is 2.16. The SMILES string of the molecule is Cc1ccccc1CC1CNCCS1(=O)=O. The molecule has 3 nitrogen and oxygen atoms in total. The molecule has 1 aliphatic rings. The van der Waals surface area contributed by atoms with Gasteiger partial charge in [0.05, 0.1) is 11.0 Å². The lowest BCUT2D eigenvalue weighted by Crippen LogP contribution is -2.45. The van der Waals surface area contributed by atoms with E-state index in [1.807, 2.05) is 31.2 Å². The van der Waals surface area contributed by atoms with Gasteiger partial charge in [-0.25, -0.2) is 8.42 Å². The van der Waals surface area contributed by atoms with Crippen LogP contribution in [0.4, 0.5) is 0 Å². The zero-order valence-corrected chi connectivity index (χ0v) is 10.3. The molecule has 0 radical (unpaired) electrons. The van der Waals surface area contributed by atoms with Gasteiger partial charge in [-0.1, -0.05) is 24.3 Å². The Bertz CT molecular complexity index is 468. The number of sulfone groups is 1. The largest absolute Gasteiger partial charge is 0.314 e. The molecule has 0 spiro atoms. The van der Waals surface area contributed by atoms with E-state index in [0.717, 1.165) is 5.56 Å². The molecule has 0 bridgehead atoms. The number of benzene rings is 1. The maximum absolute atomic E-state index is 11.9. The average molecular weight is 239 g/mol. The second kappa shape index (κ2) is 4.55. The van der Waals surface area contributed by atoms with Crippen LogP contribution < -0.4 is 5.32 Å². The first-order valence-electron chi connectivity index (χ1n) is 5.56. The number of nitrogens with one attached hydrogen (secondary N) is 1. The second-order valence-corrected chi connectivity index (χ2v) is 6.72. The Morgan fingerprint density at radius 2 is 2.12 bits per heavy atom. The second-order valence-electron chi connectivity index (χ2n) is 4.32. The molecular formula is C12H17NO2S. The van der Waals surface area contributed by atoms with Crippen LogP contribution >= 0.6 is 0 Å². The van der Waals surface area contributed by atoms with E-state index in [1.165, 1.54) is 5.56 Å². The lowest BCUT2D eigenvalue weighted by molar-refractivity contribution is 0.543. The van der Waals surface area contributed by atoms with Crippen molar-refractivity contribution in [3.63, 3.8) is 0 Å². The van der Waals surface area contributed by atoms with Crippen molar-refractivity contribution in [1.29, 1.82) is 0 Å². The molecule has 16 heavy (non-hydrogen) atoms. The number of rotatable bonds is 2. The topological polar surface area (TPSA) is 46.2 Å². The molecule has 2 rings (SSSR count). The fourth-order valence-corrected chi connectivity index (χ4v) is 3.62. The minimum absolute atomic E-state index is 0.262. The predicted molar refractivity (Wildman–Crippen MR) is 65.3 cm³/mol. The fourth-order valence-electron chi connectivity index (χ4n) is 2.05. The van der Waals surface area contributed by atoms with Crippen LogP contribution in [0.25, 0.3) is 0 Å². The maximum Gasteiger partial charge on any atom is 0.155 e. The summed E-state index contributed by atoms with van der Waals surface area (Å²) in [5.41, 5.74) is 2.31. The normalized spacial score (nSPS) is 24.2. The third-order valence-corrected chi connectivity index (χ3v) is 5.27. The molecule has 1 unspecified atom stereocenters. The quantitative estimate of drug-likeness (QED) is 0.835. The Balaban J connectivity index is 2.18. The van der Waals surface area contributed by atoms with Gasteiger partial charge in [0.15, 0.2) is 9.84 Å². The van der Waals surface area contributed by atoms with E-state index in [2.05, 4.69) is 5.32 Å². The van der Waals surface area contributed by atoms with Gasteiger partial charge in [0.25, 0.3) is 0 Å². The van der Waals surface area contributed by atoms with Gasteiger partial charge in [0.1, 0.15) is 0 Å². The highest BCUT2D eigenvalue weighted by atomic mass is 32.2. The van der Waals surface area contributed by atoms with Gasteiger partial charge in [-0.15, -0.1) is 0 Å². The van der Waals surface area contributed by atoms with Crippen LogP contribution in [-0.2, 0) is 16.3 Å². The fraction of sp³-hybridized carbons (Fsp3) is 0.500. The maximum atomic E-state index is 11.9. The summed E-state index contributed by atoms with van der Waals surface area (Å²) in [6, 6.07) is 7.98. The summed E-state index contributed by atoms with van der Waals surface area (Å²) in [7, 11) is -2.90. The van der Waals surface area contributed by atoms with Crippen LogP contribution in [0.1, 0.15) is 11.1 Å². The third kappa shape index (κ3) is 2.44. The molecule has 0 aliphatic carbocycles. The van der Waals surface area contributed by atoms with Crippen LogP contribution in [0, 0.1) is 6.92 Å². The van der Waals surface area contributed by atoms with Crippen LogP contribution in [0.2, 0.25) is 0 Å². The molecule has 88 valence electrons. The molecule has 1 aromatic rings. The van der Waals surface area contributed by atoms with E-state index in [4.69, 9.17) is 0 Å². The van der Waals surface area contributed by atoms with Crippen LogP contribution in [0.3, 0.4) is 0 Å². The lowest BCUT2D eigenvalue weighted by Gasteiger charge is -2.23. The molecule has 1 fully saturated rings. The van der Waals surface area contributed by atoms with Crippen LogP contribution in [-0.4, -0.2) is 32.5 Å². The van der Waals surface area contributed by atoms with Crippen molar-refractivity contribution in [3.05, 3.63) is 35.4 Å². The molecule has 1 saturated heterocycles. The lowest BCUT2D eigenvalue weighted by atomic mass is 10.0. The standard InChI is InChI=1S/C12H17NO2S/c1-10-4-2-3-5-11(10)8-12-9-13-6-7-16(12,14)15/h2-5,12-13H,6-9H2,1H3. The summed E-state index contributed by atoms with van der Waals surface area (Å²) >= 11 is 0. The number of hydrogen-bond acceptors (Lipinski definition) is 3. The van der Waals surface area contributed by atoms with Crippen molar-refractivity contribution < 1.29 is 8.42 Å². The molecule has 1 N–H and O–H groups in total. The molecule has 0 amide bonds. The van der Waals surface area contributed by atoms with Gasteiger partial charge in [-0.2, -0.15) is 0 Å². The van der Waals surface area contributed by atoms with Gasteiger partial charge >= 0.3 is 0 Å². The minimum atomic E-state index is -2.90. The molecule has 1 aliphatic heterocycles. The molecule has 0 aromatic heterocycles. The Morgan fingerprint density at radius 3 is 2.81 bits per heavy atom. The Kier molecular flexibility index (Phi) is 3.30. The van der Waals surface area contributed by atoms with Crippen molar-refractivity contribution in [2.45, 2.75) is 18.6 Å².